The highest BCUT2D eigenvalue weighted by molar-refractivity contribution is 6.31. The number of hydrogen-bond donors (Lipinski definition) is 5. The van der Waals surface area contributed by atoms with Crippen LogP contribution >= 0.6 is 11.6 Å². The minimum absolute atomic E-state index is 0.0903. The predicted octanol–water partition coefficient (Wildman–Crippen LogP) is 5.58. The SMILES string of the molecule is Cc1cc(Nc2cc(C#N)n[nH]2)nc(Nc2ccc(NC(=O)Nc3ccc(Cl)c(C(F)(F)F)c3)nc2)n1. The molecule has 0 radical (unpaired) electrons. The number of carbonyl (C=O) groups is 1. The van der Waals surface area contributed by atoms with Crippen LogP contribution in [-0.2, 0) is 6.18 Å². The molecule has 11 nitrogen and oxygen atoms in total. The molecule has 0 fully saturated rings. The lowest BCUT2D eigenvalue weighted by molar-refractivity contribution is -0.137. The van der Waals surface area contributed by atoms with Crippen LogP contribution in [0.3, 0.4) is 0 Å². The van der Waals surface area contributed by atoms with Crippen molar-refractivity contribution in [2.45, 2.75) is 13.1 Å². The zero-order valence-electron chi connectivity index (χ0n) is 18.8. The van der Waals surface area contributed by atoms with Gasteiger partial charge in [-0.25, -0.2) is 14.8 Å². The van der Waals surface area contributed by atoms with Gasteiger partial charge in [-0.15, -0.1) is 0 Å². The van der Waals surface area contributed by atoms with Crippen molar-refractivity contribution < 1.29 is 18.0 Å². The van der Waals surface area contributed by atoms with Crippen LogP contribution in [-0.4, -0.2) is 31.2 Å². The molecule has 0 unspecified atom stereocenters. The summed E-state index contributed by atoms with van der Waals surface area (Å²) >= 11 is 5.59. The van der Waals surface area contributed by atoms with E-state index in [1.165, 1.54) is 24.4 Å². The number of nitriles is 1. The van der Waals surface area contributed by atoms with E-state index in [0.29, 0.717) is 23.0 Å². The van der Waals surface area contributed by atoms with Crippen molar-refractivity contribution in [3.05, 3.63) is 70.6 Å². The van der Waals surface area contributed by atoms with Gasteiger partial charge >= 0.3 is 12.2 Å². The molecule has 3 heterocycles. The minimum atomic E-state index is -4.66. The van der Waals surface area contributed by atoms with Crippen LogP contribution < -0.4 is 21.3 Å². The van der Waals surface area contributed by atoms with Gasteiger partial charge in [0.05, 0.1) is 22.5 Å². The van der Waals surface area contributed by atoms with Gasteiger partial charge in [0.25, 0.3) is 0 Å². The Labute approximate surface area is 212 Å². The number of urea groups is 1. The molecule has 4 aromatic rings. The van der Waals surface area contributed by atoms with E-state index in [0.717, 1.165) is 12.1 Å². The second-order valence-electron chi connectivity index (χ2n) is 7.45. The van der Waals surface area contributed by atoms with E-state index in [9.17, 15) is 18.0 Å². The first-order valence-electron chi connectivity index (χ1n) is 10.3. The Bertz CT molecular complexity index is 1480. The molecular formula is C22H16ClF3N10O. The molecule has 0 aliphatic heterocycles. The van der Waals surface area contributed by atoms with Crippen molar-refractivity contribution in [1.29, 1.82) is 5.26 Å². The van der Waals surface area contributed by atoms with Crippen LogP contribution in [0.15, 0.2) is 48.7 Å². The normalized spacial score (nSPS) is 10.9. The number of aromatic amines is 1. The van der Waals surface area contributed by atoms with Crippen molar-refractivity contribution in [3.8, 4) is 6.07 Å². The van der Waals surface area contributed by atoms with Gasteiger partial charge in [0.2, 0.25) is 5.95 Å². The Morgan fingerprint density at radius 3 is 2.49 bits per heavy atom. The summed E-state index contributed by atoms with van der Waals surface area (Å²) in [7, 11) is 0. The number of nitrogens with one attached hydrogen (secondary N) is 5. The highest BCUT2D eigenvalue weighted by atomic mass is 35.5. The van der Waals surface area contributed by atoms with Gasteiger partial charge in [-0.05, 0) is 37.3 Å². The van der Waals surface area contributed by atoms with E-state index < -0.39 is 22.8 Å². The molecule has 0 saturated heterocycles. The number of halogens is 4. The molecule has 0 bridgehead atoms. The number of carbonyl (C=O) groups excluding carboxylic acids is 1. The Kier molecular flexibility index (Phi) is 7.07. The molecule has 0 spiro atoms. The first-order chi connectivity index (χ1) is 17.6. The summed E-state index contributed by atoms with van der Waals surface area (Å²) in [4.78, 5) is 25.0. The molecule has 0 aliphatic carbocycles. The maximum atomic E-state index is 13.0. The van der Waals surface area contributed by atoms with E-state index in [1.807, 2.05) is 6.07 Å². The van der Waals surface area contributed by atoms with E-state index in [4.69, 9.17) is 16.9 Å². The summed E-state index contributed by atoms with van der Waals surface area (Å²) in [6.45, 7) is 1.77. The molecule has 5 N–H and O–H groups in total. The quantitative estimate of drug-likeness (QED) is 0.217. The third kappa shape index (κ3) is 6.61. The fourth-order valence-electron chi connectivity index (χ4n) is 3.04. The standard InChI is InChI=1S/C22H16ClF3N10O/c1-11-6-18(32-19-8-14(9-27)35-36-19)33-20(29-11)30-13-3-5-17(28-10-13)34-21(37)31-12-2-4-16(23)15(7-12)22(24,25)26/h2-8,10H,1H3,(H2,28,31,34,37)(H3,29,30,32,33,35,36). The Balaban J connectivity index is 1.38. The fraction of sp³-hybridized carbons (Fsp3) is 0.0909. The van der Waals surface area contributed by atoms with Gasteiger partial charge < -0.3 is 16.0 Å². The van der Waals surface area contributed by atoms with Gasteiger partial charge in [0.1, 0.15) is 23.5 Å². The maximum absolute atomic E-state index is 13.0. The Morgan fingerprint density at radius 2 is 1.81 bits per heavy atom. The summed E-state index contributed by atoms with van der Waals surface area (Å²) in [5.74, 6) is 1.32. The third-order valence-corrected chi connectivity index (χ3v) is 4.93. The molecule has 4 rings (SSSR count). The lowest BCUT2D eigenvalue weighted by Gasteiger charge is -2.12. The molecule has 3 aromatic heterocycles. The summed E-state index contributed by atoms with van der Waals surface area (Å²) in [6.07, 6.45) is -3.25. The zero-order chi connectivity index (χ0) is 26.6. The number of hydrogen-bond acceptors (Lipinski definition) is 8. The van der Waals surface area contributed by atoms with Crippen LogP contribution in [0, 0.1) is 18.3 Å². The van der Waals surface area contributed by atoms with Crippen molar-refractivity contribution in [3.63, 3.8) is 0 Å². The van der Waals surface area contributed by atoms with E-state index >= 15 is 0 Å². The molecule has 188 valence electrons. The summed E-state index contributed by atoms with van der Waals surface area (Å²) < 4.78 is 39.0. The maximum Gasteiger partial charge on any atom is 0.417 e. The lowest BCUT2D eigenvalue weighted by Crippen LogP contribution is -2.20. The van der Waals surface area contributed by atoms with Crippen LogP contribution in [0.25, 0.3) is 0 Å². The second-order valence-corrected chi connectivity index (χ2v) is 7.86. The Hall–Kier alpha value is -4.90. The molecule has 0 atom stereocenters. The van der Waals surface area contributed by atoms with Crippen LogP contribution in [0.1, 0.15) is 17.0 Å². The second kappa shape index (κ2) is 10.4. The van der Waals surface area contributed by atoms with Crippen molar-refractivity contribution in [2.75, 3.05) is 21.3 Å². The molecule has 1 aromatic carbocycles. The average molecular weight is 529 g/mol. The number of benzene rings is 1. The van der Waals surface area contributed by atoms with E-state index in [2.05, 4.69) is 46.4 Å². The molecule has 0 aliphatic rings. The predicted molar refractivity (Wildman–Crippen MR) is 130 cm³/mol. The zero-order valence-corrected chi connectivity index (χ0v) is 19.5. The van der Waals surface area contributed by atoms with Gasteiger partial charge in [-0.3, -0.25) is 10.4 Å². The number of alkyl halides is 3. The minimum Gasteiger partial charge on any atom is -0.325 e. The number of rotatable bonds is 6. The van der Waals surface area contributed by atoms with Crippen molar-refractivity contribution in [2.24, 2.45) is 0 Å². The van der Waals surface area contributed by atoms with E-state index in [1.54, 1.807) is 19.1 Å². The van der Waals surface area contributed by atoms with Gasteiger partial charge in [0, 0.05) is 23.5 Å². The number of aromatic nitrogens is 5. The van der Waals surface area contributed by atoms with Gasteiger partial charge in [0.15, 0.2) is 5.69 Å². The smallest absolute Gasteiger partial charge is 0.325 e. The topological polar surface area (TPSA) is 156 Å². The number of nitrogens with zero attached hydrogens (tertiary/aromatic N) is 5. The number of aryl methyl sites for hydroxylation is 1. The molecular weight excluding hydrogens is 513 g/mol. The number of H-pyrrole nitrogens is 1. The molecule has 15 heteroatoms. The van der Waals surface area contributed by atoms with Gasteiger partial charge in [-0.2, -0.15) is 28.5 Å². The Morgan fingerprint density at radius 1 is 1.03 bits per heavy atom. The number of amides is 2. The first kappa shape index (κ1) is 25.2. The van der Waals surface area contributed by atoms with Crippen molar-refractivity contribution in [1.82, 2.24) is 25.1 Å². The molecule has 37 heavy (non-hydrogen) atoms. The van der Waals surface area contributed by atoms with Crippen molar-refractivity contribution >= 4 is 52.4 Å². The molecule has 0 saturated carbocycles. The summed E-state index contributed by atoms with van der Waals surface area (Å²) in [5.41, 5.74) is 0.225. The summed E-state index contributed by atoms with van der Waals surface area (Å²) in [5, 5.41) is 25.6. The summed E-state index contributed by atoms with van der Waals surface area (Å²) in [6, 6.07) is 10.5. The number of pyridine rings is 1. The largest absolute Gasteiger partial charge is 0.417 e. The highest BCUT2D eigenvalue weighted by Gasteiger charge is 2.33. The lowest BCUT2D eigenvalue weighted by atomic mass is 10.2. The monoisotopic (exact) mass is 528 g/mol. The van der Waals surface area contributed by atoms with Crippen LogP contribution in [0.4, 0.5) is 52.7 Å². The average Bonchev–Trinajstić information content (AvgIpc) is 3.28. The van der Waals surface area contributed by atoms with E-state index in [-0.39, 0.29) is 23.1 Å². The molecule has 2 amide bonds. The van der Waals surface area contributed by atoms with Crippen LogP contribution in [0.5, 0.6) is 0 Å². The van der Waals surface area contributed by atoms with Crippen LogP contribution in [0.2, 0.25) is 5.02 Å². The fourth-order valence-corrected chi connectivity index (χ4v) is 3.26. The highest BCUT2D eigenvalue weighted by Crippen LogP contribution is 2.36. The van der Waals surface area contributed by atoms with Gasteiger partial charge in [-0.1, -0.05) is 11.6 Å². The first-order valence-corrected chi connectivity index (χ1v) is 10.7. The number of anilines is 6. The third-order valence-electron chi connectivity index (χ3n) is 4.60.